The van der Waals surface area contributed by atoms with Crippen LogP contribution in [0.2, 0.25) is 0 Å². The Bertz CT molecular complexity index is 947. The molecule has 0 aliphatic carbocycles. The van der Waals surface area contributed by atoms with Gasteiger partial charge in [0, 0.05) is 11.3 Å². The van der Waals surface area contributed by atoms with E-state index in [2.05, 4.69) is 17.3 Å². The molecule has 0 unspecified atom stereocenters. The molecule has 1 aliphatic rings. The zero-order chi connectivity index (χ0) is 17.2. The third-order valence-corrected chi connectivity index (χ3v) is 4.17. The van der Waals surface area contributed by atoms with Crippen molar-refractivity contribution in [1.29, 1.82) is 0 Å². The second-order valence-electron chi connectivity index (χ2n) is 5.73. The lowest BCUT2D eigenvalue weighted by molar-refractivity contribution is 0.171. The van der Waals surface area contributed by atoms with E-state index in [0.29, 0.717) is 36.4 Å². The van der Waals surface area contributed by atoms with Gasteiger partial charge in [0.2, 0.25) is 5.89 Å². The van der Waals surface area contributed by atoms with Gasteiger partial charge >= 0.3 is 0 Å². The quantitative estimate of drug-likeness (QED) is 0.713. The molecule has 4 rings (SSSR count). The molecule has 0 spiro atoms. The Balaban J connectivity index is 1.53. The fraction of sp³-hybridized carbons (Fsp3) is 0.222. The van der Waals surface area contributed by atoms with E-state index in [1.54, 1.807) is 4.68 Å². The van der Waals surface area contributed by atoms with Crippen LogP contribution in [0.15, 0.2) is 46.9 Å². The lowest BCUT2D eigenvalue weighted by Crippen LogP contribution is -2.15. The summed E-state index contributed by atoms with van der Waals surface area (Å²) in [6, 6.07) is 13.7. The number of hydrogen-bond acceptors (Lipinski definition) is 6. The molecule has 7 heteroatoms. The zero-order valence-corrected chi connectivity index (χ0v) is 14.5. The molecule has 3 aromatic rings. The van der Waals surface area contributed by atoms with Gasteiger partial charge in [-0.3, -0.25) is 0 Å². The van der Waals surface area contributed by atoms with E-state index in [4.69, 9.17) is 26.1 Å². The van der Waals surface area contributed by atoms with Crippen LogP contribution in [0, 0.1) is 11.8 Å². The first-order chi connectivity index (χ1) is 12.2. The minimum absolute atomic E-state index is 0.310. The highest BCUT2D eigenvalue weighted by atomic mass is 32.1. The lowest BCUT2D eigenvalue weighted by atomic mass is 10.2. The highest BCUT2D eigenvalue weighted by Gasteiger charge is 2.15. The summed E-state index contributed by atoms with van der Waals surface area (Å²) >= 11 is 5.27. The van der Waals surface area contributed by atoms with Gasteiger partial charge in [0.05, 0.1) is 0 Å². The molecule has 0 saturated carbocycles. The molecule has 0 radical (unpaired) electrons. The smallest absolute Gasteiger partial charge is 0.289 e. The summed E-state index contributed by atoms with van der Waals surface area (Å²) in [5.41, 5.74) is 3.00. The highest BCUT2D eigenvalue weighted by Crippen LogP contribution is 2.34. The summed E-state index contributed by atoms with van der Waals surface area (Å²) in [6.07, 6.45) is 0. The number of benzene rings is 2. The summed E-state index contributed by atoms with van der Waals surface area (Å²) in [5, 5.41) is 7.72. The molecule has 6 nitrogen and oxygen atoms in total. The van der Waals surface area contributed by atoms with Gasteiger partial charge in [-0.25, -0.2) is 4.68 Å². The van der Waals surface area contributed by atoms with Crippen LogP contribution in [0.5, 0.6) is 11.5 Å². The number of anilines is 1. The van der Waals surface area contributed by atoms with Gasteiger partial charge in [-0.2, -0.15) is 0 Å². The minimum Gasteiger partial charge on any atom is -0.486 e. The van der Waals surface area contributed by atoms with Gasteiger partial charge in [0.1, 0.15) is 19.9 Å². The third-order valence-electron chi connectivity index (χ3n) is 3.88. The number of aryl methyl sites for hydroxylation is 1. The van der Waals surface area contributed by atoms with Gasteiger partial charge in [-0.15, -0.1) is 5.10 Å². The van der Waals surface area contributed by atoms with Crippen molar-refractivity contribution < 1.29 is 13.9 Å². The average Bonchev–Trinajstić information content (AvgIpc) is 3.02. The number of rotatable bonds is 4. The second kappa shape index (κ2) is 6.60. The first-order valence-corrected chi connectivity index (χ1v) is 8.38. The van der Waals surface area contributed by atoms with E-state index in [-0.39, 0.29) is 0 Å². The van der Waals surface area contributed by atoms with Crippen LogP contribution in [-0.2, 0) is 6.67 Å². The standard InChI is InChI=1S/C18H17N3O3S/c1-12-2-5-14(6-3-12)19-11-21-18(25)24-17(20-21)13-4-7-15-16(10-13)23-9-8-22-15/h2-7,10,19H,8-9,11H2,1H3. The minimum atomic E-state index is 0.310. The molecule has 25 heavy (non-hydrogen) atoms. The number of aromatic nitrogens is 2. The Morgan fingerprint density at radius 2 is 1.84 bits per heavy atom. The van der Waals surface area contributed by atoms with E-state index < -0.39 is 0 Å². The van der Waals surface area contributed by atoms with Crippen LogP contribution in [-0.4, -0.2) is 23.0 Å². The lowest BCUT2D eigenvalue weighted by Gasteiger charge is -2.18. The Labute approximate surface area is 150 Å². The molecule has 1 aliphatic heterocycles. The molecule has 0 fully saturated rings. The van der Waals surface area contributed by atoms with E-state index in [1.807, 2.05) is 42.5 Å². The van der Waals surface area contributed by atoms with Gasteiger partial charge in [0.25, 0.3) is 4.84 Å². The molecule has 0 saturated heterocycles. The van der Waals surface area contributed by atoms with Gasteiger partial charge in [-0.05, 0) is 49.5 Å². The van der Waals surface area contributed by atoms with E-state index in [1.165, 1.54) is 5.56 Å². The number of hydrogen-bond donors (Lipinski definition) is 1. The average molecular weight is 355 g/mol. The van der Waals surface area contributed by atoms with Crippen LogP contribution in [0.25, 0.3) is 11.5 Å². The number of nitrogens with zero attached hydrogens (tertiary/aromatic N) is 2. The van der Waals surface area contributed by atoms with Crippen molar-refractivity contribution >= 4 is 17.9 Å². The summed E-state index contributed by atoms with van der Waals surface area (Å²) in [4.78, 5) is 0.310. The van der Waals surface area contributed by atoms with Crippen molar-refractivity contribution in [3.05, 3.63) is 52.9 Å². The first kappa shape index (κ1) is 15.7. The Kier molecular flexibility index (Phi) is 4.15. The molecule has 128 valence electrons. The monoisotopic (exact) mass is 355 g/mol. The maximum atomic E-state index is 5.63. The van der Waals surface area contributed by atoms with Crippen LogP contribution >= 0.6 is 12.2 Å². The molecule has 1 N–H and O–H groups in total. The Morgan fingerprint density at radius 3 is 2.64 bits per heavy atom. The molecule has 1 aromatic heterocycles. The topological polar surface area (TPSA) is 61.5 Å². The Morgan fingerprint density at radius 1 is 1.08 bits per heavy atom. The van der Waals surface area contributed by atoms with Crippen LogP contribution in [0.1, 0.15) is 5.56 Å². The van der Waals surface area contributed by atoms with Gasteiger partial charge < -0.3 is 19.2 Å². The molecule has 2 heterocycles. The summed E-state index contributed by atoms with van der Waals surface area (Å²) in [6.45, 7) is 3.58. The molecule has 0 bridgehead atoms. The summed E-state index contributed by atoms with van der Waals surface area (Å²) in [7, 11) is 0. The van der Waals surface area contributed by atoms with Crippen LogP contribution in [0.3, 0.4) is 0 Å². The molecule has 2 aromatic carbocycles. The summed E-state index contributed by atoms with van der Waals surface area (Å²) in [5.74, 6) is 1.87. The van der Waals surface area contributed by atoms with Gasteiger partial charge in [-0.1, -0.05) is 17.7 Å². The molecule has 0 amide bonds. The Hall–Kier alpha value is -2.80. The van der Waals surface area contributed by atoms with E-state index in [0.717, 1.165) is 17.0 Å². The third kappa shape index (κ3) is 3.36. The zero-order valence-electron chi connectivity index (χ0n) is 13.7. The van der Waals surface area contributed by atoms with E-state index in [9.17, 15) is 0 Å². The first-order valence-electron chi connectivity index (χ1n) is 7.97. The van der Waals surface area contributed by atoms with E-state index >= 15 is 0 Å². The number of nitrogens with one attached hydrogen (secondary N) is 1. The van der Waals surface area contributed by atoms with Crippen molar-refractivity contribution in [1.82, 2.24) is 9.78 Å². The van der Waals surface area contributed by atoms with Crippen molar-refractivity contribution in [2.45, 2.75) is 13.6 Å². The second-order valence-corrected chi connectivity index (χ2v) is 6.08. The van der Waals surface area contributed by atoms with Gasteiger partial charge in [0.15, 0.2) is 11.5 Å². The van der Waals surface area contributed by atoms with Crippen LogP contribution in [0.4, 0.5) is 5.69 Å². The van der Waals surface area contributed by atoms with Crippen molar-refractivity contribution in [2.75, 3.05) is 18.5 Å². The van der Waals surface area contributed by atoms with Crippen molar-refractivity contribution in [3.8, 4) is 23.0 Å². The maximum absolute atomic E-state index is 5.63. The maximum Gasteiger partial charge on any atom is 0.289 e. The largest absolute Gasteiger partial charge is 0.486 e. The predicted octanol–water partition coefficient (Wildman–Crippen LogP) is 4.02. The molecular weight excluding hydrogens is 338 g/mol. The van der Waals surface area contributed by atoms with Crippen molar-refractivity contribution in [2.24, 2.45) is 0 Å². The SMILES string of the molecule is Cc1ccc(NCn2nc(-c3ccc4c(c3)OCCO4)oc2=S)cc1. The number of ether oxygens (including phenoxy) is 2. The fourth-order valence-corrected chi connectivity index (χ4v) is 2.72. The predicted molar refractivity (Wildman–Crippen MR) is 96.6 cm³/mol. The normalized spacial score (nSPS) is 12.8. The van der Waals surface area contributed by atoms with Crippen molar-refractivity contribution in [3.63, 3.8) is 0 Å². The van der Waals surface area contributed by atoms with Crippen LogP contribution < -0.4 is 14.8 Å². The summed E-state index contributed by atoms with van der Waals surface area (Å²) < 4.78 is 18.4. The molecular formula is C18H17N3O3S. The fourth-order valence-electron chi connectivity index (χ4n) is 2.54. The number of fused-ring (bicyclic) bond motifs is 1. The highest BCUT2D eigenvalue weighted by molar-refractivity contribution is 7.71. The molecule has 0 atom stereocenters.